The second-order valence-electron chi connectivity index (χ2n) is 6.06. The van der Waals surface area contributed by atoms with E-state index < -0.39 is 12.1 Å². The first-order valence-electron chi connectivity index (χ1n) is 7.90. The Balaban J connectivity index is 2.75. The summed E-state index contributed by atoms with van der Waals surface area (Å²) in [6.45, 7) is 7.12. The highest BCUT2D eigenvalue weighted by Gasteiger charge is 2.25. The second kappa shape index (κ2) is 9.07. The average Bonchev–Trinajstić information content (AvgIpc) is 2.97. The van der Waals surface area contributed by atoms with Crippen LogP contribution >= 0.6 is 0 Å². The molecule has 0 bridgehead atoms. The maximum atomic E-state index is 12.5. The van der Waals surface area contributed by atoms with Crippen LogP contribution in [0.1, 0.15) is 46.2 Å². The lowest BCUT2D eigenvalue weighted by Gasteiger charge is -2.23. The van der Waals surface area contributed by atoms with Crippen molar-refractivity contribution < 1.29 is 14.4 Å². The fraction of sp³-hybridized carbons (Fsp3) is 0.625. The third-order valence-corrected chi connectivity index (χ3v) is 3.47. The van der Waals surface area contributed by atoms with Crippen LogP contribution in [-0.2, 0) is 20.8 Å². The largest absolute Gasteiger partial charge is 0.348 e. The van der Waals surface area contributed by atoms with E-state index in [1.165, 1.54) is 13.3 Å². The van der Waals surface area contributed by atoms with Crippen molar-refractivity contribution in [2.75, 3.05) is 0 Å². The highest BCUT2D eigenvalue weighted by atomic mass is 16.2. The summed E-state index contributed by atoms with van der Waals surface area (Å²) in [5.74, 6) is -0.414. The lowest BCUT2D eigenvalue weighted by molar-refractivity contribution is -0.131. The molecule has 7 heteroatoms. The zero-order valence-corrected chi connectivity index (χ0v) is 14.2. The van der Waals surface area contributed by atoms with Gasteiger partial charge in [0.2, 0.25) is 11.8 Å². The van der Waals surface area contributed by atoms with E-state index in [2.05, 4.69) is 20.6 Å². The Morgan fingerprint density at radius 1 is 1.22 bits per heavy atom. The van der Waals surface area contributed by atoms with E-state index in [4.69, 9.17) is 0 Å². The van der Waals surface area contributed by atoms with E-state index in [-0.39, 0.29) is 23.5 Å². The van der Waals surface area contributed by atoms with E-state index in [0.717, 1.165) is 5.69 Å². The van der Waals surface area contributed by atoms with E-state index in [0.29, 0.717) is 19.3 Å². The Hall–Kier alpha value is -2.18. The fourth-order valence-corrected chi connectivity index (χ4v) is 2.18. The van der Waals surface area contributed by atoms with Crippen LogP contribution in [0.2, 0.25) is 0 Å². The van der Waals surface area contributed by atoms with Gasteiger partial charge in [-0.25, -0.2) is 4.98 Å². The molecule has 128 valence electrons. The number of carbonyl (C=O) groups is 3. The number of hydrogen-bond donors (Lipinski definition) is 3. The summed E-state index contributed by atoms with van der Waals surface area (Å²) in [4.78, 5) is 42.7. The highest BCUT2D eigenvalue weighted by Crippen LogP contribution is 2.07. The van der Waals surface area contributed by atoms with Gasteiger partial charge < -0.3 is 15.6 Å². The lowest BCUT2D eigenvalue weighted by Crippen LogP contribution is -2.52. The molecule has 23 heavy (non-hydrogen) atoms. The van der Waals surface area contributed by atoms with Crippen LogP contribution in [0.5, 0.6) is 0 Å². The molecule has 1 rings (SSSR count). The minimum absolute atomic E-state index is 0.141. The van der Waals surface area contributed by atoms with Gasteiger partial charge >= 0.3 is 0 Å². The maximum absolute atomic E-state index is 12.5. The monoisotopic (exact) mass is 322 g/mol. The summed E-state index contributed by atoms with van der Waals surface area (Å²) in [5, 5.41) is 5.46. The molecule has 0 aliphatic rings. The van der Waals surface area contributed by atoms with Crippen LogP contribution in [-0.4, -0.2) is 39.6 Å². The zero-order chi connectivity index (χ0) is 17.4. The first kappa shape index (κ1) is 18.9. The molecule has 1 aromatic rings. The normalized spacial score (nSPS) is 13.4. The Labute approximate surface area is 136 Å². The summed E-state index contributed by atoms with van der Waals surface area (Å²) < 4.78 is 0. The van der Waals surface area contributed by atoms with Crippen molar-refractivity contribution >= 4 is 17.6 Å². The first-order valence-corrected chi connectivity index (χ1v) is 7.90. The summed E-state index contributed by atoms with van der Waals surface area (Å²) in [5.41, 5.74) is 0.767. The van der Waals surface area contributed by atoms with Crippen LogP contribution in [0, 0.1) is 5.92 Å². The number of amides is 2. The standard InChI is InChI=1S/C16H26N4O3/c1-5-15(22)19-14(6-10(2)3)16(23)20-13(11(4)21)7-12-8-17-9-18-12/h8-10,13-14H,5-7H2,1-4H3,(H,17,18)(H,19,22)(H,20,23). The van der Waals surface area contributed by atoms with E-state index in [9.17, 15) is 14.4 Å². The van der Waals surface area contributed by atoms with Crippen LogP contribution in [0.3, 0.4) is 0 Å². The minimum Gasteiger partial charge on any atom is -0.348 e. The third kappa shape index (κ3) is 6.63. The number of Topliss-reactive ketones (excluding diaryl/α,β-unsaturated/α-hetero) is 1. The van der Waals surface area contributed by atoms with Crippen LogP contribution in [0.15, 0.2) is 12.5 Å². The second-order valence-corrected chi connectivity index (χ2v) is 6.06. The van der Waals surface area contributed by atoms with Crippen molar-refractivity contribution in [1.29, 1.82) is 0 Å². The number of H-pyrrole nitrogens is 1. The molecule has 1 aromatic heterocycles. The smallest absolute Gasteiger partial charge is 0.243 e. The van der Waals surface area contributed by atoms with E-state index >= 15 is 0 Å². The summed E-state index contributed by atoms with van der Waals surface area (Å²) in [6.07, 6.45) is 4.32. The number of imidazole rings is 1. The van der Waals surface area contributed by atoms with Gasteiger partial charge in [0.15, 0.2) is 5.78 Å². The Morgan fingerprint density at radius 2 is 1.91 bits per heavy atom. The molecular formula is C16H26N4O3. The van der Waals surface area contributed by atoms with Gasteiger partial charge in [0.1, 0.15) is 6.04 Å². The lowest BCUT2D eigenvalue weighted by atomic mass is 10.0. The number of nitrogens with one attached hydrogen (secondary N) is 3. The van der Waals surface area contributed by atoms with Gasteiger partial charge in [-0.3, -0.25) is 14.4 Å². The molecule has 0 aliphatic carbocycles. The molecule has 0 fully saturated rings. The molecule has 0 aliphatic heterocycles. The van der Waals surface area contributed by atoms with Crippen molar-refractivity contribution in [2.45, 2.75) is 59.0 Å². The summed E-state index contributed by atoms with van der Waals surface area (Å²) in [6, 6.07) is -1.28. The molecule has 2 atom stereocenters. The Kier molecular flexibility index (Phi) is 7.44. The van der Waals surface area contributed by atoms with Crippen LogP contribution in [0.4, 0.5) is 0 Å². The van der Waals surface area contributed by atoms with Gasteiger partial charge in [-0.15, -0.1) is 0 Å². The number of hydrogen-bond acceptors (Lipinski definition) is 4. The summed E-state index contributed by atoms with van der Waals surface area (Å²) in [7, 11) is 0. The molecule has 7 nitrogen and oxygen atoms in total. The highest BCUT2D eigenvalue weighted by molar-refractivity contribution is 5.92. The van der Waals surface area contributed by atoms with Gasteiger partial charge in [0, 0.05) is 24.7 Å². The molecule has 2 amide bonds. The predicted octanol–water partition coefficient (Wildman–Crippen LogP) is 0.967. The van der Waals surface area contributed by atoms with Gasteiger partial charge in [-0.1, -0.05) is 20.8 Å². The molecule has 0 saturated heterocycles. The topological polar surface area (TPSA) is 104 Å². The SMILES string of the molecule is CCC(=O)NC(CC(C)C)C(=O)NC(Cc1cnc[nH]1)C(C)=O. The predicted molar refractivity (Wildman–Crippen MR) is 86.6 cm³/mol. The van der Waals surface area contributed by atoms with Gasteiger partial charge in [-0.2, -0.15) is 0 Å². The molecule has 0 spiro atoms. The van der Waals surface area contributed by atoms with Crippen LogP contribution in [0.25, 0.3) is 0 Å². The molecular weight excluding hydrogens is 296 g/mol. The van der Waals surface area contributed by atoms with Gasteiger partial charge in [0.05, 0.1) is 12.4 Å². The molecule has 2 unspecified atom stereocenters. The fourth-order valence-electron chi connectivity index (χ4n) is 2.18. The maximum Gasteiger partial charge on any atom is 0.243 e. The van der Waals surface area contributed by atoms with Gasteiger partial charge in [0.25, 0.3) is 0 Å². The van der Waals surface area contributed by atoms with Crippen molar-refractivity contribution in [2.24, 2.45) is 5.92 Å². The molecule has 0 saturated carbocycles. The molecule has 3 N–H and O–H groups in total. The Morgan fingerprint density at radius 3 is 2.39 bits per heavy atom. The summed E-state index contributed by atoms with van der Waals surface area (Å²) >= 11 is 0. The van der Waals surface area contributed by atoms with Crippen molar-refractivity contribution in [3.8, 4) is 0 Å². The number of rotatable bonds is 9. The zero-order valence-electron chi connectivity index (χ0n) is 14.2. The third-order valence-electron chi connectivity index (χ3n) is 3.47. The quantitative estimate of drug-likeness (QED) is 0.630. The van der Waals surface area contributed by atoms with E-state index in [1.54, 1.807) is 13.1 Å². The minimum atomic E-state index is -0.642. The molecule has 0 radical (unpaired) electrons. The number of ketones is 1. The van der Waals surface area contributed by atoms with Crippen molar-refractivity contribution in [1.82, 2.24) is 20.6 Å². The van der Waals surface area contributed by atoms with Crippen molar-refractivity contribution in [3.63, 3.8) is 0 Å². The molecule has 1 heterocycles. The number of carbonyl (C=O) groups excluding carboxylic acids is 3. The van der Waals surface area contributed by atoms with Crippen LogP contribution < -0.4 is 10.6 Å². The molecule has 0 aromatic carbocycles. The number of aromatic amines is 1. The number of aromatic nitrogens is 2. The van der Waals surface area contributed by atoms with E-state index in [1.807, 2.05) is 13.8 Å². The first-order chi connectivity index (χ1) is 10.8. The average molecular weight is 322 g/mol. The van der Waals surface area contributed by atoms with Gasteiger partial charge in [-0.05, 0) is 19.3 Å². The number of nitrogens with zero attached hydrogens (tertiary/aromatic N) is 1. The van der Waals surface area contributed by atoms with Crippen molar-refractivity contribution in [3.05, 3.63) is 18.2 Å². The Bertz CT molecular complexity index is 525.